The van der Waals surface area contributed by atoms with Crippen molar-refractivity contribution >= 4 is 23.5 Å². The molecule has 2 N–H and O–H groups in total. The number of benzene rings is 1. The quantitative estimate of drug-likeness (QED) is 0.893. The minimum atomic E-state index is -5.13. The van der Waals surface area contributed by atoms with E-state index >= 15 is 0 Å². The number of amides is 1. The van der Waals surface area contributed by atoms with Gasteiger partial charge in [-0.15, -0.1) is 0 Å². The Labute approximate surface area is 111 Å². The van der Waals surface area contributed by atoms with E-state index in [4.69, 9.17) is 16.7 Å². The van der Waals surface area contributed by atoms with E-state index < -0.39 is 24.1 Å². The highest BCUT2D eigenvalue weighted by molar-refractivity contribution is 6.31. The van der Waals surface area contributed by atoms with Crippen LogP contribution in [0.15, 0.2) is 24.3 Å². The van der Waals surface area contributed by atoms with Crippen LogP contribution in [0.3, 0.4) is 0 Å². The molecule has 0 spiro atoms. The van der Waals surface area contributed by atoms with Crippen molar-refractivity contribution in [2.45, 2.75) is 18.6 Å². The van der Waals surface area contributed by atoms with Crippen LogP contribution in [0.2, 0.25) is 5.02 Å². The number of carboxylic acid groups (broad SMARTS) is 1. The van der Waals surface area contributed by atoms with Crippen molar-refractivity contribution < 1.29 is 27.9 Å². The van der Waals surface area contributed by atoms with Gasteiger partial charge >= 0.3 is 18.1 Å². The zero-order valence-corrected chi connectivity index (χ0v) is 10.1. The Morgan fingerprint density at radius 2 is 1.89 bits per heavy atom. The number of halogens is 4. The summed E-state index contributed by atoms with van der Waals surface area (Å²) in [5.74, 6) is -3.87. The second kappa shape index (κ2) is 5.92. The second-order valence-electron chi connectivity index (χ2n) is 3.66. The van der Waals surface area contributed by atoms with Gasteiger partial charge in [-0.1, -0.05) is 29.8 Å². The Hall–Kier alpha value is -1.76. The Morgan fingerprint density at radius 1 is 1.32 bits per heavy atom. The maximum atomic E-state index is 12.1. The Bertz CT molecular complexity index is 490. The molecule has 0 aliphatic heterocycles. The molecule has 1 aromatic rings. The molecule has 0 fully saturated rings. The molecule has 0 unspecified atom stereocenters. The van der Waals surface area contributed by atoms with Crippen LogP contribution in [0.5, 0.6) is 0 Å². The van der Waals surface area contributed by atoms with Crippen molar-refractivity contribution in [3.8, 4) is 0 Å². The molecule has 8 heteroatoms. The van der Waals surface area contributed by atoms with Crippen LogP contribution in [0, 0.1) is 0 Å². The predicted octanol–water partition coefficient (Wildman–Crippen LogP) is 2.01. The molecule has 1 amide bonds. The molecule has 104 valence electrons. The van der Waals surface area contributed by atoms with Gasteiger partial charge < -0.3 is 10.4 Å². The van der Waals surface area contributed by atoms with E-state index in [9.17, 15) is 22.8 Å². The fraction of sp³-hybridized carbons (Fsp3) is 0.273. The number of alkyl halides is 3. The highest BCUT2D eigenvalue weighted by Gasteiger charge is 2.40. The van der Waals surface area contributed by atoms with Gasteiger partial charge in [0.2, 0.25) is 0 Å². The summed E-state index contributed by atoms with van der Waals surface area (Å²) in [6.45, 7) is 0. The van der Waals surface area contributed by atoms with E-state index in [-0.39, 0.29) is 11.4 Å². The molecule has 0 aliphatic rings. The summed E-state index contributed by atoms with van der Waals surface area (Å²) in [6.07, 6.45) is -5.47. The third-order valence-corrected chi connectivity index (χ3v) is 2.61. The summed E-state index contributed by atoms with van der Waals surface area (Å²) in [5, 5.41) is 10.4. The lowest BCUT2D eigenvalue weighted by Crippen LogP contribution is -2.47. The van der Waals surface area contributed by atoms with Gasteiger partial charge in [-0.2, -0.15) is 13.2 Å². The SMILES string of the molecule is O=C(O)[C@@H](Cc1ccccc1Cl)NC(=O)C(F)(F)F. The van der Waals surface area contributed by atoms with Crippen LogP contribution in [0.4, 0.5) is 13.2 Å². The molecular formula is C11H9ClF3NO3. The molecule has 0 bridgehead atoms. The summed E-state index contributed by atoms with van der Waals surface area (Å²) < 4.78 is 36.2. The summed E-state index contributed by atoms with van der Waals surface area (Å²) in [4.78, 5) is 21.6. The van der Waals surface area contributed by atoms with Crippen molar-refractivity contribution in [1.82, 2.24) is 5.32 Å². The maximum Gasteiger partial charge on any atom is 0.471 e. The van der Waals surface area contributed by atoms with E-state index in [0.717, 1.165) is 0 Å². The zero-order chi connectivity index (χ0) is 14.6. The molecule has 0 saturated heterocycles. The average Bonchev–Trinajstić information content (AvgIpc) is 2.29. The topological polar surface area (TPSA) is 66.4 Å². The summed E-state index contributed by atoms with van der Waals surface area (Å²) in [5.41, 5.74) is 0.332. The first kappa shape index (κ1) is 15.3. The van der Waals surface area contributed by atoms with Crippen molar-refractivity contribution in [1.29, 1.82) is 0 Å². The van der Waals surface area contributed by atoms with Crippen LogP contribution < -0.4 is 5.32 Å². The molecule has 1 atom stereocenters. The standard InChI is InChI=1S/C11H9ClF3NO3/c12-7-4-2-1-3-6(7)5-8(9(17)18)16-10(19)11(13,14)15/h1-4,8H,5H2,(H,16,19)(H,17,18)/t8-/m1/s1. The molecule has 4 nitrogen and oxygen atoms in total. The maximum absolute atomic E-state index is 12.1. The number of hydrogen-bond donors (Lipinski definition) is 2. The first-order valence-corrected chi connectivity index (χ1v) is 5.43. The largest absolute Gasteiger partial charge is 0.480 e. The van der Waals surface area contributed by atoms with Crippen molar-refractivity contribution in [3.63, 3.8) is 0 Å². The fourth-order valence-corrected chi connectivity index (χ4v) is 1.54. The van der Waals surface area contributed by atoms with Gasteiger partial charge in [-0.25, -0.2) is 4.79 Å². The molecule has 0 aliphatic carbocycles. The Balaban J connectivity index is 2.83. The van der Waals surface area contributed by atoms with Gasteiger partial charge in [0, 0.05) is 11.4 Å². The number of hydrogen-bond acceptors (Lipinski definition) is 2. The van der Waals surface area contributed by atoms with E-state index in [1.807, 2.05) is 0 Å². The number of carboxylic acids is 1. The number of aliphatic carboxylic acids is 1. The van der Waals surface area contributed by atoms with E-state index in [1.165, 1.54) is 17.4 Å². The first-order chi connectivity index (χ1) is 8.71. The second-order valence-corrected chi connectivity index (χ2v) is 4.06. The summed E-state index contributed by atoms with van der Waals surface area (Å²) in [7, 11) is 0. The number of rotatable bonds is 4. The van der Waals surface area contributed by atoms with Crippen LogP contribution in [0.25, 0.3) is 0 Å². The lowest BCUT2D eigenvalue weighted by atomic mass is 10.1. The highest BCUT2D eigenvalue weighted by Crippen LogP contribution is 2.18. The van der Waals surface area contributed by atoms with Gasteiger partial charge in [0.25, 0.3) is 0 Å². The number of nitrogens with one attached hydrogen (secondary N) is 1. The minimum Gasteiger partial charge on any atom is -0.480 e. The lowest BCUT2D eigenvalue weighted by Gasteiger charge is -2.16. The molecule has 19 heavy (non-hydrogen) atoms. The first-order valence-electron chi connectivity index (χ1n) is 5.05. The van der Waals surface area contributed by atoms with E-state index in [1.54, 1.807) is 12.1 Å². The fourth-order valence-electron chi connectivity index (χ4n) is 1.32. The van der Waals surface area contributed by atoms with E-state index in [0.29, 0.717) is 5.56 Å². The van der Waals surface area contributed by atoms with Gasteiger partial charge in [-0.3, -0.25) is 4.79 Å². The zero-order valence-electron chi connectivity index (χ0n) is 9.37. The predicted molar refractivity (Wildman–Crippen MR) is 60.8 cm³/mol. The minimum absolute atomic E-state index is 0.218. The third kappa shape index (κ3) is 4.44. The van der Waals surface area contributed by atoms with Crippen LogP contribution >= 0.6 is 11.6 Å². The van der Waals surface area contributed by atoms with Crippen LogP contribution in [-0.2, 0) is 16.0 Å². The monoisotopic (exact) mass is 295 g/mol. The molecule has 0 aromatic heterocycles. The van der Waals surface area contributed by atoms with Gasteiger partial charge in [0.1, 0.15) is 6.04 Å². The Kier molecular flexibility index (Phi) is 4.77. The number of carbonyl (C=O) groups is 2. The molecule has 1 aromatic carbocycles. The molecule has 0 radical (unpaired) electrons. The average molecular weight is 296 g/mol. The van der Waals surface area contributed by atoms with Crippen molar-refractivity contribution in [2.24, 2.45) is 0 Å². The van der Waals surface area contributed by atoms with Gasteiger partial charge in [-0.05, 0) is 11.6 Å². The third-order valence-electron chi connectivity index (χ3n) is 2.24. The van der Waals surface area contributed by atoms with Crippen LogP contribution in [0.1, 0.15) is 5.56 Å². The Morgan fingerprint density at radius 3 is 2.37 bits per heavy atom. The van der Waals surface area contributed by atoms with Crippen LogP contribution in [-0.4, -0.2) is 29.2 Å². The normalized spacial score (nSPS) is 12.8. The summed E-state index contributed by atoms with van der Waals surface area (Å²) >= 11 is 5.77. The molecule has 0 heterocycles. The highest BCUT2D eigenvalue weighted by atomic mass is 35.5. The molecule has 1 rings (SSSR count). The molecular weight excluding hydrogens is 287 g/mol. The van der Waals surface area contributed by atoms with Crippen molar-refractivity contribution in [2.75, 3.05) is 0 Å². The lowest BCUT2D eigenvalue weighted by molar-refractivity contribution is -0.175. The van der Waals surface area contributed by atoms with Crippen molar-refractivity contribution in [3.05, 3.63) is 34.9 Å². The smallest absolute Gasteiger partial charge is 0.471 e. The van der Waals surface area contributed by atoms with Gasteiger partial charge in [0.05, 0.1) is 0 Å². The van der Waals surface area contributed by atoms with Gasteiger partial charge in [0.15, 0.2) is 0 Å². The van der Waals surface area contributed by atoms with E-state index in [2.05, 4.69) is 0 Å². The number of carbonyl (C=O) groups excluding carboxylic acids is 1. The molecule has 0 saturated carbocycles. The summed E-state index contributed by atoms with van der Waals surface area (Å²) in [6, 6.07) is 4.40.